The summed E-state index contributed by atoms with van der Waals surface area (Å²) in [6.07, 6.45) is 0.0151. The Balaban J connectivity index is 2.12. The standard InChI is InChI=1S/C17H14F3N3O2/c18-12-6-7-14(15(10-12)25-16(19)20)23-17(24)22-13(8-9-21)11-4-2-1-3-5-11/h1-7,10,13,16H,8H2,(H2,22,23,24). The number of amides is 2. The smallest absolute Gasteiger partial charge is 0.387 e. The zero-order valence-corrected chi connectivity index (χ0v) is 12.9. The lowest BCUT2D eigenvalue weighted by molar-refractivity contribution is -0.0495. The fourth-order valence-corrected chi connectivity index (χ4v) is 2.14. The van der Waals surface area contributed by atoms with Gasteiger partial charge in [-0.3, -0.25) is 0 Å². The normalized spacial score (nSPS) is 11.5. The number of hydrogen-bond donors (Lipinski definition) is 2. The van der Waals surface area contributed by atoms with Crippen molar-refractivity contribution in [2.45, 2.75) is 19.1 Å². The summed E-state index contributed by atoms with van der Waals surface area (Å²) in [5, 5.41) is 13.8. The number of alkyl halides is 2. The summed E-state index contributed by atoms with van der Waals surface area (Å²) in [4.78, 5) is 12.1. The molecule has 0 aliphatic heterocycles. The molecule has 0 aliphatic carbocycles. The number of nitrogens with one attached hydrogen (secondary N) is 2. The summed E-state index contributed by atoms with van der Waals surface area (Å²) < 4.78 is 42.2. The number of nitriles is 1. The van der Waals surface area contributed by atoms with Crippen molar-refractivity contribution in [3.8, 4) is 11.8 Å². The second-order valence-electron chi connectivity index (χ2n) is 4.94. The molecule has 0 radical (unpaired) electrons. The molecule has 2 aromatic carbocycles. The van der Waals surface area contributed by atoms with Crippen LogP contribution in [0.25, 0.3) is 0 Å². The van der Waals surface area contributed by atoms with E-state index in [9.17, 15) is 18.0 Å². The summed E-state index contributed by atoms with van der Waals surface area (Å²) in [5.41, 5.74) is 0.588. The highest BCUT2D eigenvalue weighted by Crippen LogP contribution is 2.27. The molecule has 0 fully saturated rings. The first kappa shape index (κ1) is 18.1. The van der Waals surface area contributed by atoms with E-state index in [0.717, 1.165) is 18.2 Å². The highest BCUT2D eigenvalue weighted by molar-refractivity contribution is 5.91. The molecule has 2 aromatic rings. The Morgan fingerprint density at radius 3 is 2.56 bits per heavy atom. The molecular formula is C17H14F3N3O2. The maximum atomic E-state index is 13.2. The van der Waals surface area contributed by atoms with Gasteiger partial charge in [-0.25, -0.2) is 9.18 Å². The molecule has 0 bridgehead atoms. The Morgan fingerprint density at radius 1 is 1.20 bits per heavy atom. The van der Waals surface area contributed by atoms with Crippen molar-refractivity contribution in [2.75, 3.05) is 5.32 Å². The highest BCUT2D eigenvalue weighted by Gasteiger charge is 2.17. The van der Waals surface area contributed by atoms with E-state index < -0.39 is 30.3 Å². The van der Waals surface area contributed by atoms with Crippen molar-refractivity contribution in [3.63, 3.8) is 0 Å². The van der Waals surface area contributed by atoms with Crippen molar-refractivity contribution in [1.29, 1.82) is 5.26 Å². The van der Waals surface area contributed by atoms with E-state index in [1.165, 1.54) is 0 Å². The van der Waals surface area contributed by atoms with Crippen LogP contribution in [0, 0.1) is 17.1 Å². The van der Waals surface area contributed by atoms with Crippen molar-refractivity contribution >= 4 is 11.7 Å². The predicted molar refractivity (Wildman–Crippen MR) is 84.6 cm³/mol. The van der Waals surface area contributed by atoms with Gasteiger partial charge >= 0.3 is 12.6 Å². The topological polar surface area (TPSA) is 74.2 Å². The summed E-state index contributed by atoms with van der Waals surface area (Å²) in [6.45, 7) is -3.17. The Hall–Kier alpha value is -3.21. The van der Waals surface area contributed by atoms with Gasteiger partial charge in [-0.1, -0.05) is 30.3 Å². The monoisotopic (exact) mass is 349 g/mol. The van der Waals surface area contributed by atoms with E-state index in [1.54, 1.807) is 30.3 Å². The van der Waals surface area contributed by atoms with E-state index in [1.807, 2.05) is 6.07 Å². The van der Waals surface area contributed by atoms with Crippen LogP contribution in [0.4, 0.5) is 23.7 Å². The van der Waals surface area contributed by atoms with Gasteiger partial charge in [0.2, 0.25) is 0 Å². The van der Waals surface area contributed by atoms with Gasteiger partial charge in [0, 0.05) is 6.07 Å². The molecule has 1 atom stereocenters. The van der Waals surface area contributed by atoms with Gasteiger partial charge < -0.3 is 15.4 Å². The van der Waals surface area contributed by atoms with Gasteiger partial charge in [0.05, 0.1) is 24.2 Å². The fourth-order valence-electron chi connectivity index (χ4n) is 2.14. The molecule has 0 saturated heterocycles. The van der Waals surface area contributed by atoms with E-state index in [2.05, 4.69) is 15.4 Å². The van der Waals surface area contributed by atoms with Crippen LogP contribution in [0.1, 0.15) is 18.0 Å². The SMILES string of the molecule is N#CCC(NC(=O)Nc1ccc(F)cc1OC(F)F)c1ccccc1. The van der Waals surface area contributed by atoms with Crippen LogP contribution >= 0.6 is 0 Å². The van der Waals surface area contributed by atoms with Gasteiger partial charge in [0.1, 0.15) is 5.82 Å². The Morgan fingerprint density at radius 2 is 1.92 bits per heavy atom. The Kier molecular flexibility index (Phi) is 6.23. The first-order chi connectivity index (χ1) is 12.0. The number of rotatable bonds is 6. The Labute approximate surface area is 142 Å². The molecule has 2 amide bonds. The highest BCUT2D eigenvalue weighted by atomic mass is 19.3. The van der Waals surface area contributed by atoms with Gasteiger partial charge in [-0.2, -0.15) is 14.0 Å². The van der Waals surface area contributed by atoms with Crippen molar-refractivity contribution in [1.82, 2.24) is 5.32 Å². The van der Waals surface area contributed by atoms with Crippen LogP contribution in [0.15, 0.2) is 48.5 Å². The first-order valence-corrected chi connectivity index (χ1v) is 7.23. The quantitative estimate of drug-likeness (QED) is 0.821. The maximum absolute atomic E-state index is 13.2. The zero-order chi connectivity index (χ0) is 18.2. The van der Waals surface area contributed by atoms with Gasteiger partial charge in [0.15, 0.2) is 5.75 Å². The summed E-state index contributed by atoms with van der Waals surface area (Å²) in [6, 6.07) is 12.3. The van der Waals surface area contributed by atoms with Crippen molar-refractivity contribution in [3.05, 3.63) is 59.9 Å². The lowest BCUT2D eigenvalue weighted by atomic mass is 10.0. The number of carbonyl (C=O) groups excluding carboxylic acids is 1. The van der Waals surface area contributed by atoms with E-state index in [-0.39, 0.29) is 12.1 Å². The molecule has 0 saturated carbocycles. The molecule has 0 aromatic heterocycles. The molecule has 0 heterocycles. The average Bonchev–Trinajstić information content (AvgIpc) is 2.57. The summed E-state index contributed by atoms with van der Waals surface area (Å²) in [7, 11) is 0. The maximum Gasteiger partial charge on any atom is 0.387 e. The lowest BCUT2D eigenvalue weighted by Gasteiger charge is -2.18. The van der Waals surface area contributed by atoms with Crippen LogP contribution in [0.2, 0.25) is 0 Å². The van der Waals surface area contributed by atoms with Crippen LogP contribution < -0.4 is 15.4 Å². The molecule has 0 aliphatic rings. The van der Waals surface area contributed by atoms with Crippen LogP contribution in [-0.2, 0) is 0 Å². The molecule has 130 valence electrons. The molecule has 0 spiro atoms. The molecular weight excluding hydrogens is 335 g/mol. The van der Waals surface area contributed by atoms with Crippen molar-refractivity contribution < 1.29 is 22.7 Å². The second kappa shape index (κ2) is 8.59. The number of ether oxygens (including phenoxy) is 1. The molecule has 8 heteroatoms. The lowest BCUT2D eigenvalue weighted by Crippen LogP contribution is -2.32. The third-order valence-electron chi connectivity index (χ3n) is 3.21. The number of carbonyl (C=O) groups is 1. The largest absolute Gasteiger partial charge is 0.432 e. The minimum atomic E-state index is -3.17. The van der Waals surface area contributed by atoms with Crippen molar-refractivity contribution in [2.24, 2.45) is 0 Å². The molecule has 5 nitrogen and oxygen atoms in total. The van der Waals surface area contributed by atoms with E-state index >= 15 is 0 Å². The summed E-state index contributed by atoms with van der Waals surface area (Å²) in [5.74, 6) is -1.28. The van der Waals surface area contributed by atoms with Gasteiger partial charge in [-0.05, 0) is 17.7 Å². The number of benzene rings is 2. The fraction of sp³-hybridized carbons (Fsp3) is 0.176. The number of hydrogen-bond acceptors (Lipinski definition) is 3. The van der Waals surface area contributed by atoms with Crippen LogP contribution in [0.5, 0.6) is 5.75 Å². The van der Waals surface area contributed by atoms with Crippen LogP contribution in [0.3, 0.4) is 0 Å². The van der Waals surface area contributed by atoms with E-state index in [0.29, 0.717) is 5.56 Å². The minimum absolute atomic E-state index is 0.0151. The number of halogens is 3. The molecule has 2 rings (SSSR count). The zero-order valence-electron chi connectivity index (χ0n) is 12.9. The third-order valence-corrected chi connectivity index (χ3v) is 3.21. The number of urea groups is 1. The molecule has 1 unspecified atom stereocenters. The molecule has 25 heavy (non-hydrogen) atoms. The summed E-state index contributed by atoms with van der Waals surface area (Å²) >= 11 is 0. The van der Waals surface area contributed by atoms with Gasteiger partial charge in [0.25, 0.3) is 0 Å². The van der Waals surface area contributed by atoms with Crippen LogP contribution in [-0.4, -0.2) is 12.6 Å². The first-order valence-electron chi connectivity index (χ1n) is 7.23. The third kappa shape index (κ3) is 5.42. The van der Waals surface area contributed by atoms with E-state index in [4.69, 9.17) is 5.26 Å². The Bertz CT molecular complexity index is 763. The van der Waals surface area contributed by atoms with Gasteiger partial charge in [-0.15, -0.1) is 0 Å². The average molecular weight is 349 g/mol. The molecule has 2 N–H and O–H groups in total. The minimum Gasteiger partial charge on any atom is -0.432 e. The second-order valence-corrected chi connectivity index (χ2v) is 4.94. The number of nitrogens with zero attached hydrogens (tertiary/aromatic N) is 1. The number of anilines is 1. The predicted octanol–water partition coefficient (Wildman–Crippen LogP) is 4.20.